The SMILES string of the molecule is O=C(CCCNC(=O)c1ccco1)Nc1ccc(C(=O)NCC(F)(F)F)cc1. The van der Waals surface area contributed by atoms with E-state index in [1.165, 1.54) is 36.6 Å². The normalized spacial score (nSPS) is 11.0. The van der Waals surface area contributed by atoms with Crippen molar-refractivity contribution in [3.63, 3.8) is 0 Å². The Morgan fingerprint density at radius 2 is 1.68 bits per heavy atom. The van der Waals surface area contributed by atoms with Crippen molar-refractivity contribution in [2.45, 2.75) is 19.0 Å². The van der Waals surface area contributed by atoms with Crippen LogP contribution in [0.3, 0.4) is 0 Å². The molecule has 1 aromatic heterocycles. The Morgan fingerprint density at radius 1 is 0.964 bits per heavy atom. The van der Waals surface area contributed by atoms with E-state index in [4.69, 9.17) is 4.42 Å². The third-order valence-electron chi connectivity index (χ3n) is 3.49. The molecule has 7 nitrogen and oxygen atoms in total. The average Bonchev–Trinajstić information content (AvgIpc) is 3.18. The largest absolute Gasteiger partial charge is 0.459 e. The number of carbonyl (C=O) groups excluding carboxylic acids is 3. The molecule has 10 heteroatoms. The van der Waals surface area contributed by atoms with E-state index in [0.717, 1.165) is 0 Å². The van der Waals surface area contributed by atoms with Gasteiger partial charge in [0, 0.05) is 24.2 Å². The predicted molar refractivity (Wildman–Crippen MR) is 93.7 cm³/mol. The molecule has 0 atom stereocenters. The van der Waals surface area contributed by atoms with Gasteiger partial charge in [0.25, 0.3) is 11.8 Å². The fourth-order valence-corrected chi connectivity index (χ4v) is 2.16. The number of alkyl halides is 3. The number of furan rings is 1. The van der Waals surface area contributed by atoms with Crippen molar-refractivity contribution in [1.29, 1.82) is 0 Å². The Balaban J connectivity index is 1.70. The quantitative estimate of drug-likeness (QED) is 0.597. The zero-order valence-corrected chi connectivity index (χ0v) is 14.6. The summed E-state index contributed by atoms with van der Waals surface area (Å²) in [5.74, 6) is -1.35. The molecule has 0 spiro atoms. The van der Waals surface area contributed by atoms with Crippen molar-refractivity contribution in [2.24, 2.45) is 0 Å². The fourth-order valence-electron chi connectivity index (χ4n) is 2.16. The van der Waals surface area contributed by atoms with E-state index in [9.17, 15) is 27.6 Å². The lowest BCUT2D eigenvalue weighted by Crippen LogP contribution is -2.33. The van der Waals surface area contributed by atoms with Crippen LogP contribution in [0.15, 0.2) is 47.1 Å². The average molecular weight is 397 g/mol. The van der Waals surface area contributed by atoms with E-state index in [2.05, 4.69) is 10.6 Å². The van der Waals surface area contributed by atoms with Crippen LogP contribution in [-0.4, -0.2) is 37.0 Å². The zero-order valence-electron chi connectivity index (χ0n) is 14.6. The monoisotopic (exact) mass is 397 g/mol. The molecule has 2 aromatic rings. The van der Waals surface area contributed by atoms with Crippen molar-refractivity contribution < 1.29 is 32.0 Å². The second-order valence-electron chi connectivity index (χ2n) is 5.76. The number of amides is 3. The maximum atomic E-state index is 12.1. The highest BCUT2D eigenvalue weighted by Crippen LogP contribution is 2.14. The summed E-state index contributed by atoms with van der Waals surface area (Å²) in [5.41, 5.74) is 0.444. The van der Waals surface area contributed by atoms with Gasteiger partial charge in [0.05, 0.1) is 6.26 Å². The van der Waals surface area contributed by atoms with Gasteiger partial charge in [-0.3, -0.25) is 14.4 Å². The number of halogens is 3. The Kier molecular flexibility index (Phi) is 7.19. The maximum Gasteiger partial charge on any atom is 0.405 e. The minimum Gasteiger partial charge on any atom is -0.459 e. The first kappa shape index (κ1) is 21.0. The minimum absolute atomic E-state index is 0.0443. The van der Waals surface area contributed by atoms with Crippen molar-refractivity contribution in [2.75, 3.05) is 18.4 Å². The van der Waals surface area contributed by atoms with Crippen LogP contribution in [0.25, 0.3) is 0 Å². The van der Waals surface area contributed by atoms with Crippen molar-refractivity contribution >= 4 is 23.4 Å². The Bertz CT molecular complexity index is 802. The Labute approximate surface area is 158 Å². The molecule has 3 amide bonds. The molecule has 0 saturated heterocycles. The smallest absolute Gasteiger partial charge is 0.405 e. The summed E-state index contributed by atoms with van der Waals surface area (Å²) < 4.78 is 41.2. The second kappa shape index (κ2) is 9.58. The van der Waals surface area contributed by atoms with Crippen molar-refractivity contribution in [3.05, 3.63) is 54.0 Å². The predicted octanol–water partition coefficient (Wildman–Crippen LogP) is 2.72. The Morgan fingerprint density at radius 3 is 2.29 bits per heavy atom. The van der Waals surface area contributed by atoms with Gasteiger partial charge in [-0.05, 0) is 42.8 Å². The lowest BCUT2D eigenvalue weighted by Gasteiger charge is -2.09. The van der Waals surface area contributed by atoms with Gasteiger partial charge < -0.3 is 20.4 Å². The molecule has 150 valence electrons. The molecule has 0 unspecified atom stereocenters. The second-order valence-corrected chi connectivity index (χ2v) is 5.76. The van der Waals surface area contributed by atoms with E-state index in [-0.39, 0.29) is 36.1 Å². The van der Waals surface area contributed by atoms with Gasteiger partial charge in [0.1, 0.15) is 6.54 Å². The van der Waals surface area contributed by atoms with E-state index < -0.39 is 18.6 Å². The van der Waals surface area contributed by atoms with Gasteiger partial charge in [-0.15, -0.1) is 0 Å². The van der Waals surface area contributed by atoms with Crippen LogP contribution in [-0.2, 0) is 4.79 Å². The third-order valence-corrected chi connectivity index (χ3v) is 3.49. The summed E-state index contributed by atoms with van der Waals surface area (Å²) in [4.78, 5) is 35.1. The molecule has 0 aliphatic heterocycles. The molecule has 3 N–H and O–H groups in total. The van der Waals surface area contributed by atoms with Crippen molar-refractivity contribution in [3.8, 4) is 0 Å². The minimum atomic E-state index is -4.49. The highest BCUT2D eigenvalue weighted by atomic mass is 19.4. The number of carbonyl (C=O) groups is 3. The van der Waals surface area contributed by atoms with E-state index in [1.807, 2.05) is 0 Å². The van der Waals surface area contributed by atoms with Crippen LogP contribution in [0.1, 0.15) is 33.8 Å². The van der Waals surface area contributed by atoms with Gasteiger partial charge in [-0.1, -0.05) is 0 Å². The first-order chi connectivity index (χ1) is 13.2. The molecular weight excluding hydrogens is 379 g/mol. The zero-order chi connectivity index (χ0) is 20.6. The maximum absolute atomic E-state index is 12.1. The van der Waals surface area contributed by atoms with E-state index in [1.54, 1.807) is 11.4 Å². The van der Waals surface area contributed by atoms with Crippen LogP contribution in [0, 0.1) is 0 Å². The third kappa shape index (κ3) is 7.14. The summed E-state index contributed by atoms with van der Waals surface area (Å²) in [7, 11) is 0. The molecule has 0 aliphatic carbocycles. The lowest BCUT2D eigenvalue weighted by molar-refractivity contribution is -0.123. The molecule has 0 fully saturated rings. The molecule has 0 bridgehead atoms. The van der Waals surface area contributed by atoms with Crippen molar-refractivity contribution in [1.82, 2.24) is 10.6 Å². The molecular formula is C18H18F3N3O4. The molecule has 0 saturated carbocycles. The number of nitrogens with one attached hydrogen (secondary N) is 3. The first-order valence-corrected chi connectivity index (χ1v) is 8.31. The summed E-state index contributed by atoms with van der Waals surface area (Å²) in [5, 5.41) is 6.97. The van der Waals surface area contributed by atoms with E-state index >= 15 is 0 Å². The summed E-state index contributed by atoms with van der Waals surface area (Å²) >= 11 is 0. The molecule has 28 heavy (non-hydrogen) atoms. The number of anilines is 1. The molecule has 1 aromatic carbocycles. The number of benzene rings is 1. The topological polar surface area (TPSA) is 100 Å². The van der Waals surface area contributed by atoms with Gasteiger partial charge >= 0.3 is 6.18 Å². The van der Waals surface area contributed by atoms with Crippen LogP contribution in [0.4, 0.5) is 18.9 Å². The standard InChI is InChI=1S/C18H18F3N3O4/c19-18(20,21)11-23-16(26)12-5-7-13(8-6-12)24-15(25)4-1-9-22-17(27)14-3-2-10-28-14/h2-3,5-8,10H,1,4,9,11H2,(H,22,27)(H,23,26)(H,24,25). The van der Waals surface area contributed by atoms with E-state index in [0.29, 0.717) is 12.1 Å². The molecule has 0 aliphatic rings. The first-order valence-electron chi connectivity index (χ1n) is 8.31. The Hall–Kier alpha value is -3.30. The molecule has 1 heterocycles. The summed E-state index contributed by atoms with van der Waals surface area (Å²) in [6.45, 7) is -1.13. The van der Waals surface area contributed by atoms with Gasteiger partial charge in [-0.2, -0.15) is 13.2 Å². The van der Waals surface area contributed by atoms with Gasteiger partial charge in [0.15, 0.2) is 5.76 Å². The van der Waals surface area contributed by atoms with Gasteiger partial charge in [-0.25, -0.2) is 0 Å². The number of rotatable bonds is 8. The highest BCUT2D eigenvalue weighted by Gasteiger charge is 2.27. The number of hydrogen-bond donors (Lipinski definition) is 3. The van der Waals surface area contributed by atoms with Gasteiger partial charge in [0.2, 0.25) is 5.91 Å². The molecule has 0 radical (unpaired) electrons. The highest BCUT2D eigenvalue weighted by molar-refractivity contribution is 5.96. The summed E-state index contributed by atoms with van der Waals surface area (Å²) in [6.07, 6.45) is -2.56. The van der Waals surface area contributed by atoms with Crippen LogP contribution in [0.2, 0.25) is 0 Å². The molecule has 2 rings (SSSR count). The van der Waals surface area contributed by atoms with Crippen LogP contribution >= 0.6 is 0 Å². The fraction of sp³-hybridized carbons (Fsp3) is 0.278. The summed E-state index contributed by atoms with van der Waals surface area (Å²) in [6, 6.07) is 8.57. The lowest BCUT2D eigenvalue weighted by atomic mass is 10.2. The number of hydrogen-bond acceptors (Lipinski definition) is 4. The van der Waals surface area contributed by atoms with Crippen LogP contribution < -0.4 is 16.0 Å². The van der Waals surface area contributed by atoms with Crippen LogP contribution in [0.5, 0.6) is 0 Å².